The molecule has 6 heteroatoms. The lowest BCUT2D eigenvalue weighted by Crippen LogP contribution is -2.23. The smallest absolute Gasteiger partial charge is 0.251 e. The summed E-state index contributed by atoms with van der Waals surface area (Å²) in [6.07, 6.45) is 1.82. The molecule has 0 saturated heterocycles. The standard InChI is InChI=1S/C21H23NO5/c1-13-8-15-9-14(4-5-17(15)27-13)21(23)22-12-16-10-19-20(11-18(16)24-2)26-7-3-6-25-19/h4-5,9-11,13H,3,6-8,12H2,1-2H3,(H,22,23)/t13-/m1/s1. The first-order valence-corrected chi connectivity index (χ1v) is 9.18. The number of methoxy groups -OCH3 is 1. The Hall–Kier alpha value is -2.89. The molecule has 1 N–H and O–H groups in total. The highest BCUT2D eigenvalue weighted by molar-refractivity contribution is 5.94. The first-order chi connectivity index (χ1) is 13.1. The number of carbonyl (C=O) groups excluding carboxylic acids is 1. The number of amides is 1. The van der Waals surface area contributed by atoms with Crippen LogP contribution >= 0.6 is 0 Å². The predicted molar refractivity (Wildman–Crippen MR) is 100 cm³/mol. The minimum Gasteiger partial charge on any atom is -0.496 e. The van der Waals surface area contributed by atoms with E-state index in [9.17, 15) is 4.79 Å². The number of nitrogens with one attached hydrogen (secondary N) is 1. The van der Waals surface area contributed by atoms with Crippen molar-refractivity contribution in [1.29, 1.82) is 0 Å². The molecule has 2 aliphatic rings. The van der Waals surface area contributed by atoms with Crippen LogP contribution in [0.15, 0.2) is 30.3 Å². The van der Waals surface area contributed by atoms with Crippen LogP contribution in [0, 0.1) is 0 Å². The number of ether oxygens (including phenoxy) is 4. The van der Waals surface area contributed by atoms with E-state index < -0.39 is 0 Å². The Morgan fingerprint density at radius 2 is 1.93 bits per heavy atom. The van der Waals surface area contributed by atoms with Crippen molar-refractivity contribution in [2.45, 2.75) is 32.4 Å². The van der Waals surface area contributed by atoms with E-state index >= 15 is 0 Å². The van der Waals surface area contributed by atoms with Crippen LogP contribution in [0.1, 0.15) is 34.8 Å². The zero-order valence-corrected chi connectivity index (χ0v) is 15.5. The van der Waals surface area contributed by atoms with Gasteiger partial charge in [-0.3, -0.25) is 4.79 Å². The average molecular weight is 369 g/mol. The van der Waals surface area contributed by atoms with Crippen molar-refractivity contribution in [3.05, 3.63) is 47.0 Å². The Labute approximate surface area is 158 Å². The summed E-state index contributed by atoms with van der Waals surface area (Å²) in [5.41, 5.74) is 2.54. The maximum absolute atomic E-state index is 12.6. The normalized spacial score (nSPS) is 17.5. The Kier molecular flexibility index (Phi) is 4.79. The molecule has 4 rings (SSSR count). The van der Waals surface area contributed by atoms with Gasteiger partial charge < -0.3 is 24.3 Å². The van der Waals surface area contributed by atoms with Crippen LogP contribution in [0.2, 0.25) is 0 Å². The third-order valence-electron chi connectivity index (χ3n) is 4.75. The minimum absolute atomic E-state index is 0.133. The summed E-state index contributed by atoms with van der Waals surface area (Å²) in [7, 11) is 1.60. The molecule has 0 saturated carbocycles. The second-order valence-corrected chi connectivity index (χ2v) is 6.80. The lowest BCUT2D eigenvalue weighted by Gasteiger charge is -2.14. The Morgan fingerprint density at radius 1 is 1.15 bits per heavy atom. The predicted octanol–water partition coefficient (Wildman–Crippen LogP) is 3.11. The Morgan fingerprint density at radius 3 is 2.70 bits per heavy atom. The number of rotatable bonds is 4. The molecule has 0 fully saturated rings. The van der Waals surface area contributed by atoms with Gasteiger partial charge >= 0.3 is 0 Å². The number of benzene rings is 2. The highest BCUT2D eigenvalue weighted by atomic mass is 16.5. The second kappa shape index (κ2) is 7.39. The number of fused-ring (bicyclic) bond motifs is 2. The summed E-state index contributed by atoms with van der Waals surface area (Å²) < 4.78 is 22.6. The van der Waals surface area contributed by atoms with Crippen LogP contribution in [0.4, 0.5) is 0 Å². The van der Waals surface area contributed by atoms with Crippen LogP contribution < -0.4 is 24.3 Å². The molecule has 2 aromatic carbocycles. The van der Waals surface area contributed by atoms with Gasteiger partial charge in [0, 0.05) is 36.6 Å². The zero-order chi connectivity index (χ0) is 18.8. The van der Waals surface area contributed by atoms with E-state index in [-0.39, 0.29) is 12.0 Å². The van der Waals surface area contributed by atoms with Crippen molar-refractivity contribution in [3.63, 3.8) is 0 Å². The molecule has 6 nitrogen and oxygen atoms in total. The highest BCUT2D eigenvalue weighted by Gasteiger charge is 2.21. The van der Waals surface area contributed by atoms with Gasteiger partial charge in [0.2, 0.25) is 0 Å². The summed E-state index contributed by atoms with van der Waals surface area (Å²) >= 11 is 0. The topological polar surface area (TPSA) is 66.0 Å². The average Bonchev–Trinajstić information content (AvgIpc) is 2.89. The molecule has 142 valence electrons. The van der Waals surface area contributed by atoms with Crippen molar-refractivity contribution in [2.24, 2.45) is 0 Å². The number of carbonyl (C=O) groups is 1. The molecule has 2 aliphatic heterocycles. The van der Waals surface area contributed by atoms with Gasteiger partial charge in [-0.1, -0.05) is 0 Å². The second-order valence-electron chi connectivity index (χ2n) is 6.80. The molecule has 1 amide bonds. The van der Waals surface area contributed by atoms with Crippen LogP contribution in [-0.2, 0) is 13.0 Å². The van der Waals surface area contributed by atoms with Crippen molar-refractivity contribution in [2.75, 3.05) is 20.3 Å². The minimum atomic E-state index is -0.133. The monoisotopic (exact) mass is 369 g/mol. The van der Waals surface area contributed by atoms with Gasteiger partial charge in [-0.2, -0.15) is 0 Å². The van der Waals surface area contributed by atoms with Gasteiger partial charge in [-0.15, -0.1) is 0 Å². The molecular formula is C21H23NO5. The summed E-state index contributed by atoms with van der Waals surface area (Å²) in [6, 6.07) is 9.24. The third-order valence-corrected chi connectivity index (χ3v) is 4.75. The van der Waals surface area contributed by atoms with Gasteiger partial charge in [0.15, 0.2) is 11.5 Å². The van der Waals surface area contributed by atoms with Gasteiger partial charge in [0.25, 0.3) is 5.91 Å². The molecule has 0 unspecified atom stereocenters. The molecule has 0 bridgehead atoms. The fraction of sp³-hybridized carbons (Fsp3) is 0.381. The molecule has 2 heterocycles. The summed E-state index contributed by atoms with van der Waals surface area (Å²) in [4.78, 5) is 12.6. The van der Waals surface area contributed by atoms with Gasteiger partial charge in [-0.05, 0) is 36.8 Å². The zero-order valence-electron chi connectivity index (χ0n) is 15.5. The van der Waals surface area contributed by atoms with E-state index in [0.717, 1.165) is 29.7 Å². The molecule has 0 spiro atoms. The first-order valence-electron chi connectivity index (χ1n) is 9.18. The van der Waals surface area contributed by atoms with Crippen molar-refractivity contribution >= 4 is 5.91 Å². The lowest BCUT2D eigenvalue weighted by atomic mass is 10.1. The fourth-order valence-electron chi connectivity index (χ4n) is 3.40. The van der Waals surface area contributed by atoms with Gasteiger partial charge in [0.1, 0.15) is 17.6 Å². The number of hydrogen-bond acceptors (Lipinski definition) is 5. The van der Waals surface area contributed by atoms with Gasteiger partial charge in [-0.25, -0.2) is 0 Å². The molecular weight excluding hydrogens is 346 g/mol. The number of hydrogen-bond donors (Lipinski definition) is 1. The van der Waals surface area contributed by atoms with E-state index in [4.69, 9.17) is 18.9 Å². The van der Waals surface area contributed by atoms with Crippen LogP contribution in [0.25, 0.3) is 0 Å². The van der Waals surface area contributed by atoms with Crippen molar-refractivity contribution in [1.82, 2.24) is 5.32 Å². The molecule has 0 aliphatic carbocycles. The Balaban J connectivity index is 1.49. The van der Waals surface area contributed by atoms with Crippen LogP contribution in [0.3, 0.4) is 0 Å². The molecule has 1 atom stereocenters. The van der Waals surface area contributed by atoms with Crippen molar-refractivity contribution < 1.29 is 23.7 Å². The fourth-order valence-corrected chi connectivity index (χ4v) is 3.40. The van der Waals surface area contributed by atoms with Crippen LogP contribution in [-0.4, -0.2) is 32.3 Å². The van der Waals surface area contributed by atoms with E-state index in [2.05, 4.69) is 5.32 Å². The first kappa shape index (κ1) is 17.5. The molecule has 0 radical (unpaired) electrons. The largest absolute Gasteiger partial charge is 0.496 e. The summed E-state index contributed by atoms with van der Waals surface area (Å²) in [6.45, 7) is 3.59. The maximum atomic E-state index is 12.6. The van der Waals surface area contributed by atoms with E-state index in [1.807, 2.05) is 31.2 Å². The molecule has 0 aromatic heterocycles. The Bertz CT molecular complexity index is 864. The van der Waals surface area contributed by atoms with Crippen molar-refractivity contribution in [3.8, 4) is 23.0 Å². The van der Waals surface area contributed by atoms with Gasteiger partial charge in [0.05, 0.1) is 20.3 Å². The lowest BCUT2D eigenvalue weighted by molar-refractivity contribution is 0.0950. The van der Waals surface area contributed by atoms with Crippen LogP contribution in [0.5, 0.6) is 23.0 Å². The summed E-state index contributed by atoms with van der Waals surface area (Å²) in [5, 5.41) is 2.96. The third kappa shape index (κ3) is 3.65. The maximum Gasteiger partial charge on any atom is 0.251 e. The summed E-state index contributed by atoms with van der Waals surface area (Å²) in [5.74, 6) is 2.75. The SMILES string of the molecule is COc1cc2c(cc1CNC(=O)c1ccc3c(c1)C[C@@H](C)O3)OCCCO2. The van der Waals surface area contributed by atoms with E-state index in [0.29, 0.717) is 42.6 Å². The highest BCUT2D eigenvalue weighted by Crippen LogP contribution is 2.36. The van der Waals surface area contributed by atoms with E-state index in [1.165, 1.54) is 0 Å². The molecule has 2 aromatic rings. The molecule has 27 heavy (non-hydrogen) atoms. The van der Waals surface area contributed by atoms with E-state index in [1.54, 1.807) is 13.2 Å². The quantitative estimate of drug-likeness (QED) is 0.897.